The molecule has 1 saturated carbocycles. The molecule has 0 unspecified atom stereocenters. The van der Waals surface area contributed by atoms with E-state index in [1.807, 2.05) is 23.1 Å². The highest BCUT2D eigenvalue weighted by Gasteiger charge is 2.49. The molecule has 2 fully saturated rings. The number of pyridine rings is 1. The maximum Gasteiger partial charge on any atom is 0.235 e. The number of amides is 2. The van der Waals surface area contributed by atoms with Crippen LogP contribution in [-0.4, -0.2) is 34.8 Å². The summed E-state index contributed by atoms with van der Waals surface area (Å²) < 4.78 is 20.1. The Morgan fingerprint density at radius 2 is 1.93 bits per heavy atom. The number of nitrogen functional groups attached to an aromatic ring is 1. The number of carbonyl (C=O) groups is 2. The highest BCUT2D eigenvalue weighted by Crippen LogP contribution is 2.47. The van der Waals surface area contributed by atoms with E-state index in [0.29, 0.717) is 37.2 Å². The Morgan fingerprint density at radius 3 is 2.62 bits per heavy atom. The van der Waals surface area contributed by atoms with Crippen LogP contribution in [0.2, 0.25) is 10.0 Å². The lowest BCUT2D eigenvalue weighted by molar-refractivity contribution is -0.141. The maximum absolute atomic E-state index is 14.1. The molecule has 1 saturated heterocycles. The largest absolute Gasteiger partial charge is 0.482 e. The Balaban J connectivity index is 1.23. The lowest BCUT2D eigenvalue weighted by atomic mass is 9.73. The molecule has 7 nitrogen and oxygen atoms in total. The molecule has 2 aromatic carbocycles. The number of fused-ring (bicyclic) bond motifs is 2. The number of nitrogens with zero attached hydrogens (tertiary/aromatic N) is 2. The number of rotatable bonds is 5. The third kappa shape index (κ3) is 4.47. The number of anilines is 2. The summed E-state index contributed by atoms with van der Waals surface area (Å²) in [6.45, 7) is 2.88. The summed E-state index contributed by atoms with van der Waals surface area (Å²) >= 11 is 12.4. The second kappa shape index (κ2) is 10.2. The number of ether oxygens (including phenoxy) is 1. The van der Waals surface area contributed by atoms with E-state index in [4.69, 9.17) is 33.7 Å². The standard InChI is InChI=1S/C30H29Cl2FN4O3/c1-16(25-21(31)7-8-22(33)26(25)32)40-24-14-19(15-35-27(24)34)18-5-6-20-23(13-18)36-29(39)30(20)9-11-37(12-10-30)28(38)17-3-2-4-17/h5-8,13-17H,2-4,9-12H2,1H3,(H2,34,35)(H,36,39)/t16-/m1/s1. The highest BCUT2D eigenvalue weighted by molar-refractivity contribution is 6.36. The topological polar surface area (TPSA) is 97.5 Å². The van der Waals surface area contributed by atoms with Crippen LogP contribution in [0.1, 0.15) is 56.3 Å². The predicted octanol–water partition coefficient (Wildman–Crippen LogP) is 6.53. The van der Waals surface area contributed by atoms with Crippen LogP contribution in [-0.2, 0) is 15.0 Å². The summed E-state index contributed by atoms with van der Waals surface area (Å²) in [5.41, 5.74) is 9.06. The van der Waals surface area contributed by atoms with Crippen molar-refractivity contribution in [2.24, 2.45) is 5.92 Å². The molecule has 3 aliphatic rings. The molecule has 10 heteroatoms. The van der Waals surface area contributed by atoms with E-state index >= 15 is 0 Å². The van der Waals surface area contributed by atoms with Gasteiger partial charge in [-0.05, 0) is 68.0 Å². The smallest absolute Gasteiger partial charge is 0.235 e. The number of nitrogens with one attached hydrogen (secondary N) is 1. The fourth-order valence-electron chi connectivity index (χ4n) is 6.00. The van der Waals surface area contributed by atoms with E-state index in [-0.39, 0.29) is 33.6 Å². The van der Waals surface area contributed by atoms with Crippen LogP contribution in [0.15, 0.2) is 42.6 Å². The zero-order chi connectivity index (χ0) is 28.2. The molecule has 208 valence electrons. The first-order valence-corrected chi connectivity index (χ1v) is 14.2. The van der Waals surface area contributed by atoms with Gasteiger partial charge in [0.1, 0.15) is 11.9 Å². The second-order valence-corrected chi connectivity index (χ2v) is 11.7. The molecule has 3 aromatic rings. The van der Waals surface area contributed by atoms with Crippen molar-refractivity contribution >= 4 is 46.5 Å². The Morgan fingerprint density at radius 1 is 1.18 bits per heavy atom. The number of carbonyl (C=O) groups excluding carboxylic acids is 2. The van der Waals surface area contributed by atoms with Gasteiger partial charge in [-0.25, -0.2) is 9.37 Å². The predicted molar refractivity (Wildman–Crippen MR) is 153 cm³/mol. The van der Waals surface area contributed by atoms with E-state index in [2.05, 4.69) is 10.3 Å². The average molecular weight is 583 g/mol. The molecule has 6 rings (SSSR count). The molecule has 3 N–H and O–H groups in total. The normalized spacial score (nSPS) is 18.7. The third-order valence-corrected chi connectivity index (χ3v) is 9.32. The van der Waals surface area contributed by atoms with Gasteiger partial charge in [-0.15, -0.1) is 0 Å². The lowest BCUT2D eigenvalue weighted by Gasteiger charge is -2.40. The number of nitrogens with two attached hydrogens (primary N) is 1. The molecule has 1 aliphatic carbocycles. The quantitative estimate of drug-likeness (QED) is 0.333. The van der Waals surface area contributed by atoms with Crippen LogP contribution in [0.25, 0.3) is 11.1 Å². The van der Waals surface area contributed by atoms with Crippen LogP contribution in [0.4, 0.5) is 15.9 Å². The second-order valence-electron chi connectivity index (χ2n) is 10.9. The molecular formula is C30H29Cl2FN4O3. The number of likely N-dealkylation sites (tertiary alicyclic amines) is 1. The van der Waals surface area contributed by atoms with Gasteiger partial charge in [0, 0.05) is 47.0 Å². The van der Waals surface area contributed by atoms with E-state index < -0.39 is 17.3 Å². The van der Waals surface area contributed by atoms with Crippen LogP contribution in [0, 0.1) is 11.7 Å². The Bertz CT molecular complexity index is 1520. The lowest BCUT2D eigenvalue weighted by Crippen LogP contribution is -2.50. The van der Waals surface area contributed by atoms with Crippen molar-refractivity contribution in [1.29, 1.82) is 0 Å². The van der Waals surface area contributed by atoms with Crippen molar-refractivity contribution in [2.45, 2.75) is 50.5 Å². The first-order valence-electron chi connectivity index (χ1n) is 13.5. The van der Waals surface area contributed by atoms with Gasteiger partial charge in [0.15, 0.2) is 11.6 Å². The molecule has 1 aromatic heterocycles. The van der Waals surface area contributed by atoms with Crippen LogP contribution >= 0.6 is 23.2 Å². The SMILES string of the molecule is C[C@@H](Oc1cc(-c2ccc3c(c2)NC(=O)C32CCN(C(=O)C3CCC3)CC2)cnc1N)c1c(Cl)ccc(F)c1Cl. The van der Waals surface area contributed by atoms with Gasteiger partial charge < -0.3 is 20.7 Å². The summed E-state index contributed by atoms with van der Waals surface area (Å²) in [7, 11) is 0. The van der Waals surface area contributed by atoms with Gasteiger partial charge in [-0.1, -0.05) is 41.8 Å². The minimum atomic E-state index is -0.698. The van der Waals surface area contributed by atoms with Crippen molar-refractivity contribution in [3.05, 3.63) is 69.6 Å². The molecular weight excluding hydrogens is 554 g/mol. The first-order chi connectivity index (χ1) is 19.2. The minimum Gasteiger partial charge on any atom is -0.482 e. The van der Waals surface area contributed by atoms with Gasteiger partial charge in [0.25, 0.3) is 0 Å². The third-order valence-electron chi connectivity index (χ3n) is 8.61. The van der Waals surface area contributed by atoms with Crippen LogP contribution < -0.4 is 15.8 Å². The Kier molecular flexibility index (Phi) is 6.87. The molecule has 0 radical (unpaired) electrons. The fourth-order valence-corrected chi connectivity index (χ4v) is 6.68. The first kappa shape index (κ1) is 26.8. The van der Waals surface area contributed by atoms with Gasteiger partial charge >= 0.3 is 0 Å². The summed E-state index contributed by atoms with van der Waals surface area (Å²) in [5, 5.41) is 3.24. The summed E-state index contributed by atoms with van der Waals surface area (Å²) in [5.74, 6) is 0.244. The monoisotopic (exact) mass is 582 g/mol. The summed E-state index contributed by atoms with van der Waals surface area (Å²) in [6.07, 6.45) is 5.22. The van der Waals surface area contributed by atoms with Crippen molar-refractivity contribution in [1.82, 2.24) is 9.88 Å². The number of halogens is 3. The van der Waals surface area contributed by atoms with E-state index in [9.17, 15) is 14.0 Å². The number of benzene rings is 2. The van der Waals surface area contributed by atoms with E-state index in [0.717, 1.165) is 41.6 Å². The summed E-state index contributed by atoms with van der Waals surface area (Å²) in [4.78, 5) is 32.2. The number of aromatic nitrogens is 1. The van der Waals surface area contributed by atoms with E-state index in [1.165, 1.54) is 12.1 Å². The van der Waals surface area contributed by atoms with Gasteiger partial charge in [0.2, 0.25) is 11.8 Å². The van der Waals surface area contributed by atoms with Gasteiger partial charge in [-0.2, -0.15) is 0 Å². The van der Waals surface area contributed by atoms with Gasteiger partial charge in [-0.3, -0.25) is 9.59 Å². The van der Waals surface area contributed by atoms with Crippen molar-refractivity contribution < 1.29 is 18.7 Å². The average Bonchev–Trinajstić information content (AvgIpc) is 3.17. The maximum atomic E-state index is 14.1. The van der Waals surface area contributed by atoms with Crippen molar-refractivity contribution in [2.75, 3.05) is 24.1 Å². The zero-order valence-electron chi connectivity index (χ0n) is 22.0. The fraction of sp³-hybridized carbons (Fsp3) is 0.367. The highest BCUT2D eigenvalue weighted by atomic mass is 35.5. The number of hydrogen-bond acceptors (Lipinski definition) is 5. The van der Waals surface area contributed by atoms with Crippen molar-refractivity contribution in [3.8, 4) is 16.9 Å². The van der Waals surface area contributed by atoms with Crippen molar-refractivity contribution in [3.63, 3.8) is 0 Å². The molecule has 1 spiro atoms. The Hall–Kier alpha value is -3.36. The molecule has 40 heavy (non-hydrogen) atoms. The summed E-state index contributed by atoms with van der Waals surface area (Å²) in [6, 6.07) is 10.2. The number of hydrogen-bond donors (Lipinski definition) is 2. The van der Waals surface area contributed by atoms with Crippen LogP contribution in [0.5, 0.6) is 5.75 Å². The Labute approximate surface area is 241 Å². The molecule has 0 bridgehead atoms. The number of piperidine rings is 1. The molecule has 3 heterocycles. The zero-order valence-corrected chi connectivity index (χ0v) is 23.5. The molecule has 1 atom stereocenters. The minimum absolute atomic E-state index is 0.0208. The van der Waals surface area contributed by atoms with Gasteiger partial charge in [0.05, 0.1) is 10.4 Å². The molecule has 2 amide bonds. The van der Waals surface area contributed by atoms with E-state index in [1.54, 1.807) is 19.2 Å². The van der Waals surface area contributed by atoms with Crippen LogP contribution in [0.3, 0.4) is 0 Å². The molecule has 2 aliphatic heterocycles.